The second-order valence-corrected chi connectivity index (χ2v) is 10.6. The highest BCUT2D eigenvalue weighted by atomic mass is 32.2. The lowest BCUT2D eigenvalue weighted by atomic mass is 9.93. The Labute approximate surface area is 198 Å². The Morgan fingerprint density at radius 1 is 0.833 bits per heavy atom. The summed E-state index contributed by atoms with van der Waals surface area (Å²) in [7, 11) is -4.59. The standard InChI is InChI=1S/C15H17F14NO4S2/c1-9(2,6-36(32,33)34)30-8(31)3-4-35-7(16)5-10(17,18)11(19,20)12(21,22)13(23,24)14(25,26)15(27,28)29/h7H,3-6H2,1-2H3,(H,30,31)(H,32,33,34). The van der Waals surface area contributed by atoms with Crippen molar-refractivity contribution in [3.8, 4) is 0 Å². The van der Waals surface area contributed by atoms with Crippen molar-refractivity contribution >= 4 is 27.8 Å². The normalized spacial score (nSPS) is 16.1. The second-order valence-electron chi connectivity index (χ2n) is 7.89. The van der Waals surface area contributed by atoms with Gasteiger partial charge in [0, 0.05) is 12.2 Å². The van der Waals surface area contributed by atoms with Gasteiger partial charge in [-0.1, -0.05) is 0 Å². The van der Waals surface area contributed by atoms with E-state index in [9.17, 15) is 74.7 Å². The Balaban J connectivity index is 5.39. The molecule has 0 saturated heterocycles. The molecular formula is C15H17F14NO4S2. The van der Waals surface area contributed by atoms with E-state index in [0.717, 1.165) is 13.8 Å². The first-order valence-corrected chi connectivity index (χ1v) is 11.6. The maximum absolute atomic E-state index is 13.7. The summed E-state index contributed by atoms with van der Waals surface area (Å²) in [5.41, 5.74) is -4.97. The highest BCUT2D eigenvalue weighted by Gasteiger charge is 2.90. The minimum absolute atomic E-state index is 0.454. The van der Waals surface area contributed by atoms with Gasteiger partial charge in [0.05, 0.1) is 17.7 Å². The number of carbonyl (C=O) groups excluding carboxylic acids is 1. The van der Waals surface area contributed by atoms with Crippen LogP contribution in [0.2, 0.25) is 0 Å². The third-order valence-corrected chi connectivity index (χ3v) is 6.12. The summed E-state index contributed by atoms with van der Waals surface area (Å²) in [5, 5.41) is 1.99. The molecule has 21 heteroatoms. The lowest BCUT2D eigenvalue weighted by Gasteiger charge is -2.39. The van der Waals surface area contributed by atoms with E-state index < -0.39 is 99.0 Å². The number of alkyl halides is 14. The number of amides is 1. The number of nitrogens with one attached hydrogen (secondary N) is 1. The Morgan fingerprint density at radius 3 is 1.64 bits per heavy atom. The van der Waals surface area contributed by atoms with Crippen molar-refractivity contribution in [1.29, 1.82) is 0 Å². The van der Waals surface area contributed by atoms with E-state index in [1.807, 2.05) is 5.32 Å². The molecule has 0 aliphatic heterocycles. The van der Waals surface area contributed by atoms with Crippen LogP contribution in [0.15, 0.2) is 0 Å². The van der Waals surface area contributed by atoms with Crippen molar-refractivity contribution in [3.05, 3.63) is 0 Å². The number of hydrogen-bond donors (Lipinski definition) is 2. The van der Waals surface area contributed by atoms with Gasteiger partial charge in [-0.25, -0.2) is 4.39 Å². The van der Waals surface area contributed by atoms with E-state index in [-0.39, 0.29) is 0 Å². The molecule has 0 aromatic rings. The van der Waals surface area contributed by atoms with Gasteiger partial charge in [0.2, 0.25) is 5.91 Å². The Hall–Kier alpha value is -1.25. The summed E-state index contributed by atoms with van der Waals surface area (Å²) in [5.74, 6) is -41.2. The molecule has 0 aromatic heterocycles. The highest BCUT2D eigenvalue weighted by molar-refractivity contribution is 7.99. The molecule has 1 unspecified atom stereocenters. The molecule has 0 rings (SSSR count). The van der Waals surface area contributed by atoms with Crippen molar-refractivity contribution in [2.45, 2.75) is 73.5 Å². The quantitative estimate of drug-likeness (QED) is 0.220. The first-order chi connectivity index (χ1) is 15.5. The maximum atomic E-state index is 13.7. The van der Waals surface area contributed by atoms with Gasteiger partial charge in [-0.3, -0.25) is 9.35 Å². The van der Waals surface area contributed by atoms with Crippen LogP contribution in [0.1, 0.15) is 26.7 Å². The van der Waals surface area contributed by atoms with E-state index >= 15 is 0 Å². The van der Waals surface area contributed by atoms with Gasteiger partial charge < -0.3 is 5.32 Å². The fourth-order valence-corrected chi connectivity index (χ4v) is 4.27. The van der Waals surface area contributed by atoms with Crippen LogP contribution in [0.25, 0.3) is 0 Å². The number of rotatable bonds is 13. The largest absolute Gasteiger partial charge is 0.460 e. The van der Waals surface area contributed by atoms with E-state index in [1.165, 1.54) is 0 Å². The van der Waals surface area contributed by atoms with Gasteiger partial charge >= 0.3 is 35.8 Å². The van der Waals surface area contributed by atoms with Crippen molar-refractivity contribution in [2.75, 3.05) is 11.5 Å². The summed E-state index contributed by atoms with van der Waals surface area (Å²) in [6.45, 7) is 2.18. The molecule has 0 spiro atoms. The average Bonchev–Trinajstić information content (AvgIpc) is 2.56. The first kappa shape index (κ1) is 34.8. The smallest absolute Gasteiger partial charge is 0.350 e. The monoisotopic (exact) mass is 605 g/mol. The molecule has 1 atom stereocenters. The van der Waals surface area contributed by atoms with Gasteiger partial charge in [0.25, 0.3) is 10.1 Å². The predicted octanol–water partition coefficient (Wildman–Crippen LogP) is 5.32. The first-order valence-electron chi connectivity index (χ1n) is 8.93. The Morgan fingerprint density at radius 2 is 1.25 bits per heavy atom. The second kappa shape index (κ2) is 10.5. The molecule has 0 aliphatic rings. The Kier molecular flexibility index (Phi) is 10.1. The van der Waals surface area contributed by atoms with E-state index in [2.05, 4.69) is 0 Å². The summed E-state index contributed by atoms with van der Waals surface area (Å²) in [6.07, 6.45) is -11.5. The predicted molar refractivity (Wildman–Crippen MR) is 96.0 cm³/mol. The van der Waals surface area contributed by atoms with E-state index in [1.54, 1.807) is 0 Å². The summed E-state index contributed by atoms with van der Waals surface area (Å²) >= 11 is -0.454. The minimum atomic E-state index is -8.09. The van der Waals surface area contributed by atoms with Crippen LogP contribution in [-0.2, 0) is 14.9 Å². The minimum Gasteiger partial charge on any atom is -0.350 e. The number of thioether (sulfide) groups is 1. The molecule has 216 valence electrons. The molecule has 2 N–H and O–H groups in total. The zero-order valence-corrected chi connectivity index (χ0v) is 19.3. The van der Waals surface area contributed by atoms with Crippen molar-refractivity contribution in [3.63, 3.8) is 0 Å². The third-order valence-electron chi connectivity index (χ3n) is 4.06. The van der Waals surface area contributed by atoms with Gasteiger partial charge in [0.1, 0.15) is 0 Å². The molecule has 0 radical (unpaired) electrons. The van der Waals surface area contributed by atoms with Crippen molar-refractivity contribution < 1.29 is 79.2 Å². The molecule has 0 saturated carbocycles. The number of carbonyl (C=O) groups is 1. The fourth-order valence-electron chi connectivity index (χ4n) is 2.40. The molecule has 1 amide bonds. The molecule has 0 aromatic carbocycles. The SMILES string of the molecule is CC(C)(CS(=O)(=O)O)NC(=O)CCSC(F)CC(F)(F)C(F)(F)C(F)(F)C(F)(F)C(F)(F)C(F)(F)F. The van der Waals surface area contributed by atoms with Crippen LogP contribution in [0.4, 0.5) is 61.5 Å². The summed E-state index contributed by atoms with van der Waals surface area (Å²) in [4.78, 5) is 11.7. The van der Waals surface area contributed by atoms with Crippen LogP contribution in [0, 0.1) is 0 Å². The summed E-state index contributed by atoms with van der Waals surface area (Å²) < 4.78 is 213. The lowest BCUT2D eigenvalue weighted by molar-refractivity contribution is -0.440. The maximum Gasteiger partial charge on any atom is 0.460 e. The summed E-state index contributed by atoms with van der Waals surface area (Å²) in [6, 6.07) is 0. The number of hydrogen-bond acceptors (Lipinski definition) is 4. The van der Waals surface area contributed by atoms with E-state index in [4.69, 9.17) is 4.55 Å². The molecule has 0 bridgehead atoms. The molecule has 36 heavy (non-hydrogen) atoms. The zero-order chi connectivity index (χ0) is 29.4. The molecular weight excluding hydrogens is 588 g/mol. The third kappa shape index (κ3) is 7.64. The van der Waals surface area contributed by atoms with Crippen LogP contribution < -0.4 is 5.32 Å². The van der Waals surface area contributed by atoms with Gasteiger partial charge in [0.15, 0.2) is 5.50 Å². The highest BCUT2D eigenvalue weighted by Crippen LogP contribution is 2.61. The van der Waals surface area contributed by atoms with Crippen molar-refractivity contribution in [2.24, 2.45) is 0 Å². The van der Waals surface area contributed by atoms with Gasteiger partial charge in [-0.05, 0) is 13.8 Å². The van der Waals surface area contributed by atoms with Crippen LogP contribution >= 0.6 is 11.8 Å². The fraction of sp³-hybridized carbons (Fsp3) is 0.933. The average molecular weight is 605 g/mol. The van der Waals surface area contributed by atoms with Gasteiger partial charge in [-0.2, -0.15) is 65.5 Å². The van der Waals surface area contributed by atoms with Gasteiger partial charge in [-0.15, -0.1) is 11.8 Å². The molecule has 0 aliphatic carbocycles. The molecule has 5 nitrogen and oxygen atoms in total. The van der Waals surface area contributed by atoms with Crippen molar-refractivity contribution in [1.82, 2.24) is 5.32 Å². The van der Waals surface area contributed by atoms with E-state index in [0.29, 0.717) is 0 Å². The Bertz CT molecular complexity index is 889. The van der Waals surface area contributed by atoms with Crippen LogP contribution in [0.5, 0.6) is 0 Å². The van der Waals surface area contributed by atoms with Crippen LogP contribution in [-0.4, -0.2) is 77.2 Å². The molecule has 0 fully saturated rings. The zero-order valence-electron chi connectivity index (χ0n) is 17.7. The topological polar surface area (TPSA) is 83.5 Å². The lowest BCUT2D eigenvalue weighted by Crippen LogP contribution is -2.70. The number of halogens is 14. The van der Waals surface area contributed by atoms with Crippen LogP contribution in [0.3, 0.4) is 0 Å². The molecule has 0 heterocycles.